The van der Waals surface area contributed by atoms with E-state index in [0.29, 0.717) is 0 Å². The van der Waals surface area contributed by atoms with E-state index in [2.05, 4.69) is 0 Å². The molecule has 0 saturated carbocycles. The van der Waals surface area contributed by atoms with Gasteiger partial charge in [-0.05, 0) is 0 Å². The van der Waals surface area contributed by atoms with Gasteiger partial charge in [0.1, 0.15) is 24.9 Å². The highest BCUT2D eigenvalue weighted by atomic mass is 16.4. The Kier molecular flexibility index (Phi) is 10.1. The molecule has 18 heavy (non-hydrogen) atoms. The average Bonchev–Trinajstić information content (AvgIpc) is 2.35. The Bertz CT molecular complexity index is 276. The fourth-order valence-corrected chi connectivity index (χ4v) is 0.602. The molecule has 0 amide bonds. The maximum absolute atomic E-state index is 10.5. The summed E-state index contributed by atoms with van der Waals surface area (Å²) in [6.45, 7) is -0.685. The highest BCUT2D eigenvalue weighted by Crippen LogP contribution is 2.00. The number of hydrogen-bond acceptors (Lipinski definition) is 8. The minimum absolute atomic E-state index is 0.767. The largest absolute Gasteiger partial charge is 0.476 e. The van der Waals surface area contributed by atoms with E-state index < -0.39 is 49.1 Å². The van der Waals surface area contributed by atoms with E-state index in [9.17, 15) is 14.4 Å². The van der Waals surface area contributed by atoms with Crippen molar-refractivity contribution in [2.45, 2.75) is 25.2 Å². The van der Waals surface area contributed by atoms with Gasteiger partial charge in [-0.25, -0.2) is 4.79 Å². The number of carboxylic acid groups (broad SMARTS) is 1. The fraction of sp³-hybridized carbons (Fsp3) is 0.667. The van der Waals surface area contributed by atoms with Crippen molar-refractivity contribution in [1.82, 2.24) is 0 Å². The smallest absolute Gasteiger partial charge is 0.371 e. The SMILES string of the molecule is CC(=O)C(=O)O.O=C(CO)[C@@H](O)[C@H](O)[C@H](O)CO. The number of carbonyl (C=O) groups excluding carboxylic acids is 2. The van der Waals surface area contributed by atoms with Crippen LogP contribution in [0.25, 0.3) is 0 Å². The van der Waals surface area contributed by atoms with Crippen LogP contribution in [0, 0.1) is 0 Å². The van der Waals surface area contributed by atoms with Gasteiger partial charge in [0, 0.05) is 6.92 Å². The molecule has 0 aromatic carbocycles. The number of aliphatic hydroxyl groups is 5. The lowest BCUT2D eigenvalue weighted by atomic mass is 10.1. The summed E-state index contributed by atoms with van der Waals surface area (Å²) in [6.07, 6.45) is -5.22. The standard InChI is InChI=1S/C6H12O6.C3H4O3/c7-1-3(9)5(11)6(12)4(10)2-8;1-2(4)3(5)6/h3,5-9,11-12H,1-2H2;1H3,(H,5,6)/t3-,5-,6-;/m1./s1. The van der Waals surface area contributed by atoms with Crippen molar-refractivity contribution < 1.29 is 45.0 Å². The van der Waals surface area contributed by atoms with Gasteiger partial charge in [-0.1, -0.05) is 0 Å². The maximum Gasteiger partial charge on any atom is 0.371 e. The van der Waals surface area contributed by atoms with E-state index in [1.165, 1.54) is 0 Å². The second-order valence-corrected chi connectivity index (χ2v) is 3.17. The Morgan fingerprint density at radius 2 is 1.44 bits per heavy atom. The Balaban J connectivity index is 0. The van der Waals surface area contributed by atoms with E-state index in [4.69, 9.17) is 30.6 Å². The molecule has 0 aromatic rings. The summed E-state index contributed by atoms with van der Waals surface area (Å²) in [6, 6.07) is 0. The molecule has 0 fully saturated rings. The molecule has 9 nitrogen and oxygen atoms in total. The lowest BCUT2D eigenvalue weighted by Gasteiger charge is -2.19. The molecule has 6 N–H and O–H groups in total. The molecular formula is C9H16O9. The number of hydrogen-bond donors (Lipinski definition) is 6. The molecule has 0 heterocycles. The van der Waals surface area contributed by atoms with Gasteiger partial charge >= 0.3 is 5.97 Å². The summed E-state index contributed by atoms with van der Waals surface area (Å²) in [5.41, 5.74) is 0. The third-order valence-electron chi connectivity index (χ3n) is 1.69. The summed E-state index contributed by atoms with van der Waals surface area (Å²) in [5.74, 6) is -3.21. The van der Waals surface area contributed by atoms with Gasteiger partial charge < -0.3 is 30.6 Å². The summed E-state index contributed by atoms with van der Waals surface area (Å²) in [7, 11) is 0. The van der Waals surface area contributed by atoms with Crippen molar-refractivity contribution in [2.75, 3.05) is 13.2 Å². The summed E-state index contributed by atoms with van der Waals surface area (Å²) >= 11 is 0. The predicted molar refractivity (Wildman–Crippen MR) is 55.5 cm³/mol. The molecule has 0 unspecified atom stereocenters. The summed E-state index contributed by atoms with van der Waals surface area (Å²) < 4.78 is 0. The molecule has 9 heteroatoms. The first-order valence-corrected chi connectivity index (χ1v) is 4.71. The number of Topliss-reactive ketones (excluding diaryl/α,β-unsaturated/α-hetero) is 2. The molecule has 106 valence electrons. The van der Waals surface area contributed by atoms with E-state index in [1.54, 1.807) is 0 Å². The number of aliphatic hydroxyl groups excluding tert-OH is 5. The maximum atomic E-state index is 10.5. The lowest BCUT2D eigenvalue weighted by molar-refractivity contribution is -0.148. The molecule has 0 radical (unpaired) electrons. The van der Waals surface area contributed by atoms with E-state index >= 15 is 0 Å². The summed E-state index contributed by atoms with van der Waals surface area (Å²) in [4.78, 5) is 29.4. The molecule has 0 aliphatic carbocycles. The second kappa shape index (κ2) is 9.62. The Labute approximate surface area is 102 Å². The summed E-state index contributed by atoms with van der Waals surface area (Å²) in [5, 5.41) is 50.7. The molecule has 0 aliphatic rings. The molecule has 0 saturated heterocycles. The first kappa shape index (κ1) is 19.0. The Morgan fingerprint density at radius 1 is 1.06 bits per heavy atom. The van der Waals surface area contributed by atoms with Crippen LogP contribution >= 0.6 is 0 Å². The zero-order valence-corrected chi connectivity index (χ0v) is 9.55. The third-order valence-corrected chi connectivity index (χ3v) is 1.69. The van der Waals surface area contributed by atoms with Crippen LogP contribution in [0.15, 0.2) is 0 Å². The Hall–Kier alpha value is -1.39. The van der Waals surface area contributed by atoms with Crippen LogP contribution < -0.4 is 0 Å². The van der Waals surface area contributed by atoms with Crippen LogP contribution in [-0.2, 0) is 14.4 Å². The highest BCUT2D eigenvalue weighted by molar-refractivity contribution is 6.31. The molecule has 0 aliphatic heterocycles. The number of carboxylic acids is 1. The molecule has 0 spiro atoms. The van der Waals surface area contributed by atoms with Gasteiger partial charge in [0.2, 0.25) is 5.78 Å². The first-order chi connectivity index (χ1) is 8.18. The van der Waals surface area contributed by atoms with Crippen LogP contribution in [0.3, 0.4) is 0 Å². The van der Waals surface area contributed by atoms with Gasteiger partial charge in [-0.2, -0.15) is 0 Å². The van der Waals surface area contributed by atoms with E-state index in [0.717, 1.165) is 6.92 Å². The van der Waals surface area contributed by atoms with E-state index in [1.807, 2.05) is 0 Å². The number of ketones is 2. The first-order valence-electron chi connectivity index (χ1n) is 4.71. The van der Waals surface area contributed by atoms with Crippen molar-refractivity contribution >= 4 is 17.5 Å². The molecule has 3 atom stereocenters. The second-order valence-electron chi connectivity index (χ2n) is 3.17. The predicted octanol–water partition coefficient (Wildman–Crippen LogP) is -3.72. The normalized spacial score (nSPS) is 14.8. The van der Waals surface area contributed by atoms with Crippen LogP contribution in [0.4, 0.5) is 0 Å². The Morgan fingerprint density at radius 3 is 1.67 bits per heavy atom. The monoisotopic (exact) mass is 268 g/mol. The number of aliphatic carboxylic acids is 1. The van der Waals surface area contributed by atoms with Crippen LogP contribution in [0.1, 0.15) is 6.92 Å². The molecule has 0 bridgehead atoms. The van der Waals surface area contributed by atoms with Crippen molar-refractivity contribution in [1.29, 1.82) is 0 Å². The zero-order chi connectivity index (χ0) is 14.9. The molecule has 0 rings (SSSR count). The van der Waals surface area contributed by atoms with Gasteiger partial charge in [0.25, 0.3) is 0 Å². The highest BCUT2D eigenvalue weighted by Gasteiger charge is 2.28. The number of rotatable bonds is 6. The lowest BCUT2D eigenvalue weighted by Crippen LogP contribution is -2.44. The van der Waals surface area contributed by atoms with Gasteiger partial charge in [0.15, 0.2) is 5.78 Å². The fourth-order valence-electron chi connectivity index (χ4n) is 0.602. The topological polar surface area (TPSA) is 173 Å². The van der Waals surface area contributed by atoms with Gasteiger partial charge in [-0.15, -0.1) is 0 Å². The zero-order valence-electron chi connectivity index (χ0n) is 9.55. The minimum atomic E-state index is -1.86. The van der Waals surface area contributed by atoms with Crippen molar-refractivity contribution in [3.8, 4) is 0 Å². The molecule has 0 aromatic heterocycles. The quantitative estimate of drug-likeness (QED) is 0.265. The van der Waals surface area contributed by atoms with Crippen LogP contribution in [0.2, 0.25) is 0 Å². The van der Waals surface area contributed by atoms with E-state index in [-0.39, 0.29) is 0 Å². The van der Waals surface area contributed by atoms with Crippen molar-refractivity contribution in [2.24, 2.45) is 0 Å². The van der Waals surface area contributed by atoms with Crippen LogP contribution in [0.5, 0.6) is 0 Å². The third kappa shape index (κ3) is 7.81. The van der Waals surface area contributed by atoms with Gasteiger partial charge in [0.05, 0.1) is 6.61 Å². The van der Waals surface area contributed by atoms with Crippen molar-refractivity contribution in [3.05, 3.63) is 0 Å². The van der Waals surface area contributed by atoms with Gasteiger partial charge in [-0.3, -0.25) is 9.59 Å². The number of carbonyl (C=O) groups is 3. The molecular weight excluding hydrogens is 252 g/mol. The van der Waals surface area contributed by atoms with Crippen LogP contribution in [-0.4, -0.2) is 79.7 Å². The average molecular weight is 268 g/mol. The minimum Gasteiger partial charge on any atom is -0.476 e. The van der Waals surface area contributed by atoms with Crippen molar-refractivity contribution in [3.63, 3.8) is 0 Å².